The number of allylic oxidation sites excluding steroid dienone is 1. The van der Waals surface area contributed by atoms with Crippen LogP contribution in [-0.4, -0.2) is 45.8 Å². The third-order valence-corrected chi connectivity index (χ3v) is 7.03. The number of likely N-dealkylation sites (tertiary alicyclic amines) is 1. The molecule has 0 spiro atoms. The largest absolute Gasteiger partial charge is 0.459 e. The van der Waals surface area contributed by atoms with Gasteiger partial charge in [-0.15, -0.1) is 0 Å². The molecule has 0 radical (unpaired) electrons. The molecule has 1 fully saturated rings. The van der Waals surface area contributed by atoms with Crippen LogP contribution in [0, 0.1) is 0 Å². The third kappa shape index (κ3) is 5.08. The summed E-state index contributed by atoms with van der Waals surface area (Å²) in [7, 11) is 0. The Bertz CT molecular complexity index is 1270. The second-order valence-corrected chi connectivity index (χ2v) is 9.55. The number of hydrogen-bond acceptors (Lipinski definition) is 5. The van der Waals surface area contributed by atoms with Gasteiger partial charge in [0, 0.05) is 43.9 Å². The molecule has 1 saturated heterocycles. The average Bonchev–Trinajstić information content (AvgIpc) is 3.32. The van der Waals surface area contributed by atoms with Crippen LogP contribution in [0.4, 0.5) is 0 Å². The number of aliphatic hydroxyl groups is 1. The first kappa shape index (κ1) is 24.3. The van der Waals surface area contributed by atoms with Crippen LogP contribution in [0.25, 0.3) is 10.9 Å². The minimum Gasteiger partial charge on any atom is -0.459 e. The molecule has 5 rings (SSSR count). The van der Waals surface area contributed by atoms with Crippen LogP contribution in [0.5, 0.6) is 0 Å². The number of ether oxygens (including phenoxy) is 2. The van der Waals surface area contributed by atoms with E-state index in [4.69, 9.17) is 9.47 Å². The number of amides is 1. The smallest absolute Gasteiger partial charge is 0.288 e. The Hall–Kier alpha value is -3.42. The molecule has 0 saturated carbocycles. The fraction of sp³-hybridized carbons (Fsp3) is 0.379. The Morgan fingerprint density at radius 3 is 2.47 bits per heavy atom. The van der Waals surface area contributed by atoms with Crippen molar-refractivity contribution in [1.29, 1.82) is 0 Å². The number of aliphatic hydroxyl groups excluding tert-OH is 1. The van der Waals surface area contributed by atoms with E-state index in [-0.39, 0.29) is 24.3 Å². The normalized spacial score (nSPS) is 20.2. The van der Waals surface area contributed by atoms with Crippen LogP contribution in [0.15, 0.2) is 66.6 Å². The first-order chi connectivity index (χ1) is 17.5. The minimum absolute atomic E-state index is 0.00478. The molecule has 1 N–H and O–H groups in total. The van der Waals surface area contributed by atoms with Crippen molar-refractivity contribution in [2.75, 3.05) is 13.1 Å². The van der Waals surface area contributed by atoms with Gasteiger partial charge in [-0.1, -0.05) is 42.5 Å². The summed E-state index contributed by atoms with van der Waals surface area (Å²) in [6, 6.07) is 15.4. The lowest BCUT2D eigenvalue weighted by atomic mass is 9.92. The van der Waals surface area contributed by atoms with E-state index in [1.54, 1.807) is 11.5 Å². The van der Waals surface area contributed by atoms with Crippen molar-refractivity contribution >= 4 is 22.7 Å². The van der Waals surface area contributed by atoms with Gasteiger partial charge in [-0.3, -0.25) is 14.2 Å². The Morgan fingerprint density at radius 1 is 1.03 bits per heavy atom. The van der Waals surface area contributed by atoms with Crippen LogP contribution in [0.3, 0.4) is 0 Å². The number of para-hydroxylation sites is 1. The molecule has 1 amide bonds. The SMILES string of the molecule is CC(=O)n1cc([C@H]2C=C(C(=O)N3CCCCC3)O[C@@H](OCc3ccc(CO)cc3)C2)c2ccccc21. The molecule has 2 atom stereocenters. The van der Waals surface area contributed by atoms with Crippen molar-refractivity contribution in [3.63, 3.8) is 0 Å². The molecular weight excluding hydrogens is 456 g/mol. The Morgan fingerprint density at radius 2 is 1.75 bits per heavy atom. The van der Waals surface area contributed by atoms with Gasteiger partial charge in [0.1, 0.15) is 0 Å². The van der Waals surface area contributed by atoms with E-state index < -0.39 is 6.29 Å². The number of carbonyl (C=O) groups excluding carboxylic acids is 2. The lowest BCUT2D eigenvalue weighted by Gasteiger charge is -2.33. The number of benzene rings is 2. The predicted octanol–water partition coefficient (Wildman–Crippen LogP) is 4.74. The molecule has 188 valence electrons. The summed E-state index contributed by atoms with van der Waals surface area (Å²) in [5.41, 5.74) is 3.63. The molecular formula is C29H32N2O5. The van der Waals surface area contributed by atoms with Crippen molar-refractivity contribution in [2.45, 2.75) is 58.0 Å². The second-order valence-electron chi connectivity index (χ2n) is 9.55. The van der Waals surface area contributed by atoms with E-state index in [1.807, 2.05) is 65.7 Å². The number of fused-ring (bicyclic) bond motifs is 1. The highest BCUT2D eigenvalue weighted by molar-refractivity contribution is 5.95. The highest BCUT2D eigenvalue weighted by atomic mass is 16.7. The van der Waals surface area contributed by atoms with Gasteiger partial charge in [-0.05, 0) is 48.1 Å². The van der Waals surface area contributed by atoms with E-state index in [1.165, 1.54) is 0 Å². The summed E-state index contributed by atoms with van der Waals surface area (Å²) in [6.45, 7) is 3.33. The van der Waals surface area contributed by atoms with Crippen LogP contribution < -0.4 is 0 Å². The number of carbonyl (C=O) groups is 2. The molecule has 2 aliphatic rings. The molecule has 3 aromatic rings. The number of aromatic nitrogens is 1. The van der Waals surface area contributed by atoms with Gasteiger partial charge in [-0.25, -0.2) is 0 Å². The monoisotopic (exact) mass is 488 g/mol. The second kappa shape index (κ2) is 10.7. The average molecular weight is 489 g/mol. The van der Waals surface area contributed by atoms with Gasteiger partial charge in [0.05, 0.1) is 18.7 Å². The maximum atomic E-state index is 13.4. The highest BCUT2D eigenvalue weighted by Gasteiger charge is 2.33. The fourth-order valence-corrected chi connectivity index (χ4v) is 5.07. The molecule has 0 unspecified atom stereocenters. The van der Waals surface area contributed by atoms with Crippen LogP contribution >= 0.6 is 0 Å². The summed E-state index contributed by atoms with van der Waals surface area (Å²) >= 11 is 0. The van der Waals surface area contributed by atoms with Gasteiger partial charge in [-0.2, -0.15) is 0 Å². The van der Waals surface area contributed by atoms with Crippen molar-refractivity contribution in [3.05, 3.63) is 83.3 Å². The van der Waals surface area contributed by atoms with Crippen molar-refractivity contribution in [3.8, 4) is 0 Å². The molecule has 7 nitrogen and oxygen atoms in total. The van der Waals surface area contributed by atoms with E-state index in [9.17, 15) is 14.7 Å². The lowest BCUT2D eigenvalue weighted by Crippen LogP contribution is -2.39. The summed E-state index contributed by atoms with van der Waals surface area (Å²) in [6.07, 6.45) is 6.83. The van der Waals surface area contributed by atoms with Crippen molar-refractivity contribution in [2.24, 2.45) is 0 Å². The Kier molecular flexibility index (Phi) is 7.20. The van der Waals surface area contributed by atoms with Gasteiger partial charge in [0.2, 0.25) is 12.2 Å². The first-order valence-corrected chi connectivity index (χ1v) is 12.6. The van der Waals surface area contributed by atoms with E-state index >= 15 is 0 Å². The zero-order chi connectivity index (χ0) is 25.1. The minimum atomic E-state index is -0.610. The number of hydrogen-bond donors (Lipinski definition) is 1. The van der Waals surface area contributed by atoms with Gasteiger partial charge in [0.25, 0.3) is 5.91 Å². The molecule has 2 aliphatic heterocycles. The van der Waals surface area contributed by atoms with Crippen molar-refractivity contribution in [1.82, 2.24) is 9.47 Å². The summed E-state index contributed by atoms with van der Waals surface area (Å²) in [4.78, 5) is 27.6. The van der Waals surface area contributed by atoms with Crippen molar-refractivity contribution < 1.29 is 24.2 Å². The third-order valence-electron chi connectivity index (χ3n) is 7.03. The quantitative estimate of drug-likeness (QED) is 0.542. The molecule has 36 heavy (non-hydrogen) atoms. The zero-order valence-electron chi connectivity index (χ0n) is 20.6. The molecule has 7 heteroatoms. The highest BCUT2D eigenvalue weighted by Crippen LogP contribution is 2.37. The lowest BCUT2D eigenvalue weighted by molar-refractivity contribution is -0.156. The standard InChI is InChI=1S/C29H32N2O5/c1-20(33)31-17-25(24-7-3-4-8-26(24)31)23-15-27(29(34)30-13-5-2-6-14-30)36-28(16-23)35-19-22-11-9-21(18-32)10-12-22/h3-4,7-12,15,17,23,28,32H,2,5-6,13-14,16,18-19H2,1H3/t23-,28+/m0/s1. The van der Waals surface area contributed by atoms with Crippen LogP contribution in [0.2, 0.25) is 0 Å². The summed E-state index contributed by atoms with van der Waals surface area (Å²) in [5, 5.41) is 10.3. The van der Waals surface area contributed by atoms with E-state index in [2.05, 4.69) is 0 Å². The fourth-order valence-electron chi connectivity index (χ4n) is 5.07. The van der Waals surface area contributed by atoms with E-state index in [0.717, 1.165) is 59.9 Å². The first-order valence-electron chi connectivity index (χ1n) is 12.6. The van der Waals surface area contributed by atoms with Gasteiger partial charge >= 0.3 is 0 Å². The molecule has 2 aromatic carbocycles. The van der Waals surface area contributed by atoms with E-state index in [0.29, 0.717) is 18.8 Å². The molecule has 0 bridgehead atoms. The number of rotatable bonds is 6. The molecule has 0 aliphatic carbocycles. The predicted molar refractivity (Wildman–Crippen MR) is 136 cm³/mol. The summed E-state index contributed by atoms with van der Waals surface area (Å²) < 4.78 is 13.9. The van der Waals surface area contributed by atoms with Gasteiger partial charge < -0.3 is 19.5 Å². The topological polar surface area (TPSA) is 81.0 Å². The van der Waals surface area contributed by atoms with Crippen LogP contribution in [-0.2, 0) is 27.5 Å². The Labute approximate surface area is 210 Å². The summed E-state index contributed by atoms with van der Waals surface area (Å²) in [5.74, 6) is 0.0102. The van der Waals surface area contributed by atoms with Gasteiger partial charge in [0.15, 0.2) is 5.76 Å². The zero-order valence-corrected chi connectivity index (χ0v) is 20.6. The maximum absolute atomic E-state index is 13.4. The number of piperidine rings is 1. The maximum Gasteiger partial charge on any atom is 0.288 e. The Balaban J connectivity index is 1.44. The molecule has 1 aromatic heterocycles. The number of nitrogens with zero attached hydrogens (tertiary/aromatic N) is 2. The van der Waals surface area contributed by atoms with Crippen LogP contribution in [0.1, 0.15) is 60.0 Å². The molecule has 3 heterocycles.